The lowest BCUT2D eigenvalue weighted by molar-refractivity contribution is 0.577. The van der Waals surface area contributed by atoms with Crippen molar-refractivity contribution in [2.75, 3.05) is 11.9 Å². The minimum Gasteiger partial charge on any atom is -0.419 e. The summed E-state index contributed by atoms with van der Waals surface area (Å²) in [6, 6.07) is 22.6. The Bertz CT molecular complexity index is 1270. The third-order valence-corrected chi connectivity index (χ3v) is 6.79. The summed E-state index contributed by atoms with van der Waals surface area (Å²) in [5.74, 6) is 0.280. The fourth-order valence-corrected chi connectivity index (χ4v) is 4.54. The molecule has 0 fully saturated rings. The number of sulfone groups is 1. The summed E-state index contributed by atoms with van der Waals surface area (Å²) in [5.41, 5.74) is 1.74. The van der Waals surface area contributed by atoms with Crippen molar-refractivity contribution < 1.29 is 12.8 Å². The number of rotatable bonds is 7. The van der Waals surface area contributed by atoms with E-state index < -0.39 is 9.84 Å². The highest BCUT2D eigenvalue weighted by molar-refractivity contribution is 7.91. The molecule has 1 N–H and O–H groups in total. The maximum Gasteiger partial charge on any atom is 0.233 e. The zero-order valence-electron chi connectivity index (χ0n) is 16.3. The summed E-state index contributed by atoms with van der Waals surface area (Å²) in [4.78, 5) is 4.40. The molecule has 0 amide bonds. The number of hydrogen-bond donors (Lipinski definition) is 1. The fourth-order valence-electron chi connectivity index (χ4n) is 3.01. The van der Waals surface area contributed by atoms with Gasteiger partial charge in [0.2, 0.25) is 26.6 Å². The van der Waals surface area contributed by atoms with Gasteiger partial charge in [-0.1, -0.05) is 53.5 Å². The second-order valence-electron chi connectivity index (χ2n) is 6.78. The van der Waals surface area contributed by atoms with Gasteiger partial charge in [0, 0.05) is 22.2 Å². The van der Waals surface area contributed by atoms with Gasteiger partial charge in [-0.25, -0.2) is 8.42 Å². The molecule has 0 saturated carbocycles. The van der Waals surface area contributed by atoms with Crippen molar-refractivity contribution in [3.05, 3.63) is 94.5 Å². The van der Waals surface area contributed by atoms with Gasteiger partial charge in [-0.05, 0) is 60.5 Å². The number of nitrogens with one attached hydrogen (secondary N) is 1. The van der Waals surface area contributed by atoms with Crippen molar-refractivity contribution in [2.45, 2.75) is 16.3 Å². The monoisotopic (exact) mass is 472 g/mol. The van der Waals surface area contributed by atoms with E-state index in [1.165, 1.54) is 24.3 Å². The first-order valence-corrected chi connectivity index (χ1v) is 11.7. The summed E-state index contributed by atoms with van der Waals surface area (Å²) >= 11 is 11.9. The number of oxazole rings is 1. The van der Waals surface area contributed by atoms with Crippen LogP contribution in [0.25, 0.3) is 11.5 Å². The number of nitrogens with zero attached hydrogens (tertiary/aromatic N) is 1. The highest BCUT2D eigenvalue weighted by atomic mass is 35.5. The second-order valence-corrected chi connectivity index (χ2v) is 9.52. The van der Waals surface area contributed by atoms with Crippen LogP contribution in [-0.2, 0) is 16.3 Å². The first kappa shape index (κ1) is 21.4. The largest absolute Gasteiger partial charge is 0.419 e. The highest BCUT2D eigenvalue weighted by Gasteiger charge is 2.28. The Morgan fingerprint density at radius 1 is 0.839 bits per heavy atom. The van der Waals surface area contributed by atoms with E-state index in [1.807, 2.05) is 30.3 Å². The zero-order chi connectivity index (χ0) is 21.8. The minimum atomic E-state index is -3.93. The number of hydrogen-bond acceptors (Lipinski definition) is 5. The third-order valence-electron chi connectivity index (χ3n) is 4.61. The normalized spacial score (nSPS) is 11.4. The number of halogens is 2. The van der Waals surface area contributed by atoms with E-state index >= 15 is 0 Å². The maximum atomic E-state index is 13.3. The first-order valence-electron chi connectivity index (χ1n) is 9.49. The van der Waals surface area contributed by atoms with Crippen LogP contribution in [-0.4, -0.2) is 19.9 Å². The molecular weight excluding hydrogens is 455 g/mol. The number of anilines is 1. The van der Waals surface area contributed by atoms with Crippen molar-refractivity contribution in [2.24, 2.45) is 0 Å². The topological polar surface area (TPSA) is 72.2 Å². The van der Waals surface area contributed by atoms with Crippen molar-refractivity contribution in [3.63, 3.8) is 0 Å². The zero-order valence-corrected chi connectivity index (χ0v) is 18.6. The highest BCUT2D eigenvalue weighted by Crippen LogP contribution is 2.33. The molecule has 1 aromatic heterocycles. The molecule has 0 saturated heterocycles. The van der Waals surface area contributed by atoms with E-state index in [1.54, 1.807) is 24.3 Å². The van der Waals surface area contributed by atoms with Crippen molar-refractivity contribution >= 4 is 38.9 Å². The van der Waals surface area contributed by atoms with E-state index in [0.717, 1.165) is 5.56 Å². The molecule has 0 atom stereocenters. The van der Waals surface area contributed by atoms with E-state index in [2.05, 4.69) is 10.3 Å². The summed E-state index contributed by atoms with van der Waals surface area (Å²) in [7, 11) is -3.93. The van der Waals surface area contributed by atoms with E-state index in [4.69, 9.17) is 27.6 Å². The fraction of sp³-hybridized carbons (Fsp3) is 0.0870. The molecule has 158 valence electrons. The van der Waals surface area contributed by atoms with E-state index in [0.29, 0.717) is 28.6 Å². The molecule has 0 unspecified atom stereocenters. The van der Waals surface area contributed by atoms with Gasteiger partial charge in [-0.15, -0.1) is 0 Å². The van der Waals surface area contributed by atoms with Crippen molar-refractivity contribution in [3.8, 4) is 11.5 Å². The lowest BCUT2D eigenvalue weighted by Crippen LogP contribution is -2.09. The SMILES string of the molecule is O=S(=O)(c1ccc(Cl)cc1)c1nc(-c2ccc(Cl)cc2)oc1NCCc1ccccc1. The van der Waals surface area contributed by atoms with Gasteiger partial charge in [0.1, 0.15) is 0 Å². The average Bonchev–Trinajstić information content (AvgIpc) is 3.20. The van der Waals surface area contributed by atoms with Gasteiger partial charge in [0.05, 0.1) is 4.90 Å². The van der Waals surface area contributed by atoms with Gasteiger partial charge >= 0.3 is 0 Å². The van der Waals surface area contributed by atoms with Gasteiger partial charge < -0.3 is 9.73 Å². The van der Waals surface area contributed by atoms with Gasteiger partial charge in [0.15, 0.2) is 0 Å². The Balaban J connectivity index is 1.69. The Morgan fingerprint density at radius 3 is 2.10 bits per heavy atom. The van der Waals surface area contributed by atoms with Crippen LogP contribution in [0.1, 0.15) is 5.56 Å². The van der Waals surface area contributed by atoms with E-state index in [9.17, 15) is 8.42 Å². The average molecular weight is 473 g/mol. The number of aromatic nitrogens is 1. The lowest BCUT2D eigenvalue weighted by atomic mass is 10.1. The molecule has 0 bridgehead atoms. The van der Waals surface area contributed by atoms with Crippen LogP contribution in [0, 0.1) is 0 Å². The van der Waals surface area contributed by atoms with Crippen LogP contribution in [0.4, 0.5) is 5.88 Å². The molecular formula is C23H18Cl2N2O3S. The van der Waals surface area contributed by atoms with Crippen molar-refractivity contribution in [1.29, 1.82) is 0 Å². The molecule has 0 aliphatic rings. The summed E-state index contributed by atoms with van der Waals surface area (Å²) < 4.78 is 32.4. The first-order chi connectivity index (χ1) is 14.9. The quantitative estimate of drug-likeness (QED) is 0.349. The lowest BCUT2D eigenvalue weighted by Gasteiger charge is -2.06. The molecule has 1 heterocycles. The molecule has 5 nitrogen and oxygen atoms in total. The van der Waals surface area contributed by atoms with Gasteiger partial charge in [0.25, 0.3) is 0 Å². The Morgan fingerprint density at radius 2 is 1.45 bits per heavy atom. The van der Waals surface area contributed by atoms with Gasteiger partial charge in [-0.2, -0.15) is 4.98 Å². The second kappa shape index (κ2) is 9.14. The summed E-state index contributed by atoms with van der Waals surface area (Å²) in [5, 5.41) is 3.92. The van der Waals surface area contributed by atoms with Crippen LogP contribution < -0.4 is 5.32 Å². The standard InChI is InChI=1S/C23H18Cl2N2O3S/c24-18-8-6-17(7-9-18)21-27-23(31(28,29)20-12-10-19(25)11-13-20)22(30-21)26-15-14-16-4-2-1-3-5-16/h1-13,26H,14-15H2. The molecule has 8 heteroatoms. The van der Waals surface area contributed by atoms with Crippen LogP contribution in [0.3, 0.4) is 0 Å². The molecule has 0 radical (unpaired) electrons. The molecule has 31 heavy (non-hydrogen) atoms. The predicted molar refractivity (Wildman–Crippen MR) is 122 cm³/mol. The molecule has 0 aliphatic carbocycles. The van der Waals surface area contributed by atoms with Gasteiger partial charge in [-0.3, -0.25) is 0 Å². The third kappa shape index (κ3) is 4.93. The van der Waals surface area contributed by atoms with Crippen LogP contribution in [0.5, 0.6) is 0 Å². The molecule has 0 spiro atoms. The predicted octanol–water partition coefficient (Wildman–Crippen LogP) is 6.14. The smallest absolute Gasteiger partial charge is 0.233 e. The Kier molecular flexibility index (Phi) is 6.32. The molecule has 4 aromatic rings. The minimum absolute atomic E-state index is 0.0824. The van der Waals surface area contributed by atoms with Crippen LogP contribution in [0.2, 0.25) is 10.0 Å². The maximum absolute atomic E-state index is 13.3. The van der Waals surface area contributed by atoms with Crippen molar-refractivity contribution in [1.82, 2.24) is 4.98 Å². The Hall–Kier alpha value is -2.80. The summed E-state index contributed by atoms with van der Waals surface area (Å²) in [6.45, 7) is 0.475. The summed E-state index contributed by atoms with van der Waals surface area (Å²) in [6.07, 6.45) is 0.693. The van der Waals surface area contributed by atoms with Crippen LogP contribution >= 0.6 is 23.2 Å². The van der Waals surface area contributed by atoms with Crippen LogP contribution in [0.15, 0.2) is 93.2 Å². The Labute approximate surface area is 190 Å². The van der Waals surface area contributed by atoms with E-state index in [-0.39, 0.29) is 21.7 Å². The number of benzene rings is 3. The molecule has 0 aliphatic heterocycles. The molecule has 3 aromatic carbocycles. The molecule has 4 rings (SSSR count).